The van der Waals surface area contributed by atoms with Gasteiger partial charge in [0.25, 0.3) is 5.79 Å². The molecule has 1 saturated heterocycles. The lowest BCUT2D eigenvalue weighted by atomic mass is 9.35. The van der Waals surface area contributed by atoms with E-state index in [9.17, 15) is 24.9 Å². The fraction of sp³-hybridized carbons (Fsp3) is 0.636. The van der Waals surface area contributed by atoms with Crippen molar-refractivity contribution in [1.29, 1.82) is 0 Å². The van der Waals surface area contributed by atoms with E-state index in [1.807, 2.05) is 0 Å². The molecule has 1 aromatic carbocycles. The SMILES string of the molecule is CC1C(O)CC2(O)C13CC(=O)C1(C)C(OC(=O)c4ccccc4)(OCC21C)C3O. The molecule has 7 heteroatoms. The summed E-state index contributed by atoms with van der Waals surface area (Å²) in [6, 6.07) is 8.32. The second-order valence-electron chi connectivity index (χ2n) is 9.63. The number of ketones is 1. The van der Waals surface area contributed by atoms with Crippen LogP contribution in [-0.4, -0.2) is 57.3 Å². The van der Waals surface area contributed by atoms with Gasteiger partial charge in [-0.15, -0.1) is 0 Å². The molecule has 7 nitrogen and oxygen atoms in total. The summed E-state index contributed by atoms with van der Waals surface area (Å²) in [4.78, 5) is 26.4. The maximum absolute atomic E-state index is 13.5. The number of carbonyl (C=O) groups excluding carboxylic acids is 2. The number of hydrogen-bond acceptors (Lipinski definition) is 7. The van der Waals surface area contributed by atoms with E-state index in [0.29, 0.717) is 0 Å². The molecule has 1 heterocycles. The predicted molar refractivity (Wildman–Crippen MR) is 99.6 cm³/mol. The van der Waals surface area contributed by atoms with Crippen LogP contribution in [0, 0.1) is 22.2 Å². The molecule has 4 aliphatic carbocycles. The standard InChI is InChI=1S/C22H26O7/c1-12-14(23)9-21(27)18(2)11-28-22(29-16(25)13-7-5-4-6-8-13)17(26)20(12,21)10-15(24)19(18,22)3/h4-8,12,14,17,23,26-27H,9-11H2,1-3H3. The first-order valence-corrected chi connectivity index (χ1v) is 10.1. The molecule has 4 bridgehead atoms. The van der Waals surface area contributed by atoms with E-state index in [4.69, 9.17) is 9.47 Å². The average molecular weight is 402 g/mol. The maximum atomic E-state index is 13.5. The lowest BCUT2D eigenvalue weighted by Crippen LogP contribution is -2.84. The molecule has 156 valence electrons. The number of aliphatic hydroxyl groups is 3. The minimum absolute atomic E-state index is 0.0384. The van der Waals surface area contributed by atoms with Gasteiger partial charge in [-0.05, 0) is 25.0 Å². The molecular weight excluding hydrogens is 376 g/mol. The Morgan fingerprint density at radius 3 is 2.52 bits per heavy atom. The molecule has 3 N–H and O–H groups in total. The van der Waals surface area contributed by atoms with Gasteiger partial charge in [-0.25, -0.2) is 4.79 Å². The van der Waals surface area contributed by atoms with Gasteiger partial charge in [-0.1, -0.05) is 32.0 Å². The number of rotatable bonds is 2. The molecule has 6 rings (SSSR count). The Kier molecular flexibility index (Phi) is 3.48. The van der Waals surface area contributed by atoms with Crippen LogP contribution in [0.3, 0.4) is 0 Å². The highest BCUT2D eigenvalue weighted by molar-refractivity contribution is 5.94. The number of esters is 1. The van der Waals surface area contributed by atoms with E-state index in [-0.39, 0.29) is 30.8 Å². The van der Waals surface area contributed by atoms with E-state index in [0.717, 1.165) is 0 Å². The van der Waals surface area contributed by atoms with Crippen molar-refractivity contribution in [3.05, 3.63) is 35.9 Å². The van der Waals surface area contributed by atoms with Gasteiger partial charge in [0.05, 0.1) is 23.9 Å². The van der Waals surface area contributed by atoms with Crippen LogP contribution in [0.25, 0.3) is 0 Å². The molecule has 1 spiro atoms. The van der Waals surface area contributed by atoms with Gasteiger partial charge in [0.1, 0.15) is 17.3 Å². The van der Waals surface area contributed by atoms with Crippen molar-refractivity contribution in [2.75, 3.05) is 6.61 Å². The quantitative estimate of drug-likeness (QED) is 0.634. The van der Waals surface area contributed by atoms with Crippen LogP contribution in [0.2, 0.25) is 0 Å². The van der Waals surface area contributed by atoms with Crippen LogP contribution >= 0.6 is 0 Å². The van der Waals surface area contributed by atoms with Crippen LogP contribution in [0.15, 0.2) is 30.3 Å². The van der Waals surface area contributed by atoms with Gasteiger partial charge in [-0.2, -0.15) is 0 Å². The Bertz CT molecular complexity index is 917. The van der Waals surface area contributed by atoms with Gasteiger partial charge in [-0.3, -0.25) is 4.79 Å². The van der Waals surface area contributed by atoms with Gasteiger partial charge in [0.15, 0.2) is 0 Å². The summed E-state index contributed by atoms with van der Waals surface area (Å²) in [7, 11) is 0. The van der Waals surface area contributed by atoms with E-state index in [1.165, 1.54) is 0 Å². The van der Waals surface area contributed by atoms with Crippen molar-refractivity contribution in [3.63, 3.8) is 0 Å². The van der Waals surface area contributed by atoms with Crippen LogP contribution in [-0.2, 0) is 14.3 Å². The van der Waals surface area contributed by atoms with Crippen molar-refractivity contribution in [3.8, 4) is 0 Å². The molecule has 0 radical (unpaired) electrons. The van der Waals surface area contributed by atoms with Gasteiger partial charge < -0.3 is 24.8 Å². The lowest BCUT2D eigenvalue weighted by Gasteiger charge is -2.70. The summed E-state index contributed by atoms with van der Waals surface area (Å²) < 4.78 is 11.9. The highest BCUT2D eigenvalue weighted by Crippen LogP contribution is 2.80. The van der Waals surface area contributed by atoms with Crippen molar-refractivity contribution >= 4 is 11.8 Å². The highest BCUT2D eigenvalue weighted by atomic mass is 16.7. The van der Waals surface area contributed by atoms with Crippen LogP contribution in [0.5, 0.6) is 0 Å². The first-order chi connectivity index (χ1) is 13.5. The molecule has 29 heavy (non-hydrogen) atoms. The molecular formula is C22H26O7. The Morgan fingerprint density at radius 1 is 1.21 bits per heavy atom. The normalized spacial score (nSPS) is 52.5. The number of benzene rings is 1. The molecule has 5 fully saturated rings. The summed E-state index contributed by atoms with van der Waals surface area (Å²) in [5.74, 6) is -3.43. The minimum atomic E-state index is -1.92. The second-order valence-corrected chi connectivity index (χ2v) is 9.63. The van der Waals surface area contributed by atoms with Gasteiger partial charge in [0.2, 0.25) is 0 Å². The van der Waals surface area contributed by atoms with E-state index < -0.39 is 51.7 Å². The average Bonchev–Trinajstić information content (AvgIpc) is 3.04. The third-order valence-electron chi connectivity index (χ3n) is 9.07. The summed E-state index contributed by atoms with van der Waals surface area (Å²) in [6.07, 6.45) is -2.40. The fourth-order valence-electron chi connectivity index (χ4n) is 7.06. The third-order valence-corrected chi connectivity index (χ3v) is 9.07. The molecule has 0 aromatic heterocycles. The van der Waals surface area contributed by atoms with Crippen LogP contribution < -0.4 is 0 Å². The number of Topliss-reactive ketones (excluding diaryl/α,β-unsaturated/α-hetero) is 1. The maximum Gasteiger partial charge on any atom is 0.340 e. The number of aliphatic hydroxyl groups excluding tert-OH is 2. The molecule has 5 aliphatic rings. The predicted octanol–water partition coefficient (Wildman–Crippen LogP) is 1.05. The number of fused-ring (bicyclic) bond motifs is 1. The van der Waals surface area contributed by atoms with E-state index in [1.54, 1.807) is 51.1 Å². The Labute approximate surface area is 168 Å². The lowest BCUT2D eigenvalue weighted by molar-refractivity contribution is -0.366. The third kappa shape index (κ3) is 1.66. The van der Waals surface area contributed by atoms with Crippen molar-refractivity contribution in [2.24, 2.45) is 22.2 Å². The Balaban J connectivity index is 1.71. The zero-order valence-electron chi connectivity index (χ0n) is 16.7. The number of hydrogen-bond donors (Lipinski definition) is 3. The van der Waals surface area contributed by atoms with E-state index >= 15 is 0 Å². The summed E-state index contributed by atoms with van der Waals surface area (Å²) in [6.45, 7) is 5.02. The van der Waals surface area contributed by atoms with Crippen molar-refractivity contribution in [1.82, 2.24) is 0 Å². The molecule has 0 amide bonds. The largest absolute Gasteiger partial charge is 0.425 e. The fourth-order valence-corrected chi connectivity index (χ4v) is 7.06. The molecule has 4 saturated carbocycles. The van der Waals surface area contributed by atoms with Gasteiger partial charge >= 0.3 is 5.97 Å². The first kappa shape index (κ1) is 19.2. The summed E-state index contributed by atoms with van der Waals surface area (Å²) >= 11 is 0. The minimum Gasteiger partial charge on any atom is -0.425 e. The van der Waals surface area contributed by atoms with Gasteiger partial charge in [0, 0.05) is 23.7 Å². The molecule has 1 aromatic rings. The van der Waals surface area contributed by atoms with Crippen molar-refractivity contribution < 1.29 is 34.4 Å². The van der Waals surface area contributed by atoms with E-state index in [2.05, 4.69) is 0 Å². The van der Waals surface area contributed by atoms with Crippen LogP contribution in [0.1, 0.15) is 44.0 Å². The molecule has 8 atom stereocenters. The number of carbonyl (C=O) groups is 2. The zero-order valence-corrected chi connectivity index (χ0v) is 16.7. The zero-order chi connectivity index (χ0) is 21.0. The molecule has 8 unspecified atom stereocenters. The monoisotopic (exact) mass is 402 g/mol. The van der Waals surface area contributed by atoms with Crippen LogP contribution in [0.4, 0.5) is 0 Å². The summed E-state index contributed by atoms with van der Waals surface area (Å²) in [5.41, 5.74) is -5.19. The summed E-state index contributed by atoms with van der Waals surface area (Å²) in [5, 5.41) is 34.2. The topological polar surface area (TPSA) is 113 Å². The highest BCUT2D eigenvalue weighted by Gasteiger charge is 2.93. The van der Waals surface area contributed by atoms with Crippen molar-refractivity contribution in [2.45, 2.75) is 57.2 Å². The first-order valence-electron chi connectivity index (χ1n) is 10.1. The Morgan fingerprint density at radius 2 is 1.86 bits per heavy atom. The number of ether oxygens (including phenoxy) is 2. The molecule has 1 aliphatic heterocycles. The second kappa shape index (κ2) is 5.27. The smallest absolute Gasteiger partial charge is 0.340 e. The Hall–Kier alpha value is -1.80.